The summed E-state index contributed by atoms with van der Waals surface area (Å²) in [6, 6.07) is 7.97. The highest BCUT2D eigenvalue weighted by Crippen LogP contribution is 2.35. The monoisotopic (exact) mass is 379 g/mol. The molecule has 5 rings (SSSR count). The zero-order chi connectivity index (χ0) is 18.5. The van der Waals surface area contributed by atoms with Crippen LogP contribution in [0.15, 0.2) is 35.4 Å². The van der Waals surface area contributed by atoms with Crippen molar-refractivity contribution in [3.8, 4) is 0 Å². The van der Waals surface area contributed by atoms with E-state index in [0.29, 0.717) is 12.5 Å². The van der Waals surface area contributed by atoms with E-state index in [0.717, 1.165) is 41.6 Å². The fraction of sp³-hybridized carbons (Fsp3) is 0.381. The molecule has 138 valence electrons. The van der Waals surface area contributed by atoms with Gasteiger partial charge < -0.3 is 4.90 Å². The molecule has 0 unspecified atom stereocenters. The van der Waals surface area contributed by atoms with Crippen LogP contribution in [-0.4, -0.2) is 22.0 Å². The van der Waals surface area contributed by atoms with Crippen molar-refractivity contribution in [2.24, 2.45) is 5.92 Å². The number of hydrogen-bond acceptors (Lipinski definition) is 4. The van der Waals surface area contributed by atoms with Crippen molar-refractivity contribution in [2.45, 2.75) is 39.2 Å². The van der Waals surface area contributed by atoms with Gasteiger partial charge in [-0.3, -0.25) is 14.2 Å². The van der Waals surface area contributed by atoms with Crippen molar-refractivity contribution in [3.63, 3.8) is 0 Å². The number of para-hydroxylation sites is 1. The van der Waals surface area contributed by atoms with E-state index in [4.69, 9.17) is 0 Å². The third-order valence-electron chi connectivity index (χ3n) is 5.78. The molecule has 3 heterocycles. The average molecular weight is 379 g/mol. The Morgan fingerprint density at radius 3 is 3.04 bits per heavy atom. The SMILES string of the molecule is C[C@H]1CCc2c(sc3ncn(CC(=O)N4CCc5ccccc54)c(=O)c23)C1. The van der Waals surface area contributed by atoms with E-state index in [1.807, 2.05) is 18.2 Å². The van der Waals surface area contributed by atoms with Crippen LogP contribution in [0.3, 0.4) is 0 Å². The Morgan fingerprint density at radius 2 is 2.15 bits per heavy atom. The Kier molecular flexibility index (Phi) is 3.90. The number of amides is 1. The maximum atomic E-state index is 13.1. The fourth-order valence-corrected chi connectivity index (χ4v) is 5.65. The molecule has 0 fully saturated rings. The van der Waals surface area contributed by atoms with Gasteiger partial charge >= 0.3 is 0 Å². The molecule has 2 aromatic heterocycles. The van der Waals surface area contributed by atoms with Gasteiger partial charge in [-0.1, -0.05) is 25.1 Å². The molecule has 5 nitrogen and oxygen atoms in total. The molecule has 2 aliphatic rings. The first-order valence-electron chi connectivity index (χ1n) is 9.50. The van der Waals surface area contributed by atoms with E-state index in [1.54, 1.807) is 16.2 Å². The minimum atomic E-state index is -0.0760. The normalized spacial score (nSPS) is 18.6. The van der Waals surface area contributed by atoms with E-state index in [9.17, 15) is 9.59 Å². The van der Waals surface area contributed by atoms with Crippen LogP contribution in [0.1, 0.15) is 29.3 Å². The van der Waals surface area contributed by atoms with Crippen LogP contribution >= 0.6 is 11.3 Å². The second-order valence-corrected chi connectivity index (χ2v) is 8.72. The van der Waals surface area contributed by atoms with Gasteiger partial charge in [0.2, 0.25) is 5.91 Å². The maximum absolute atomic E-state index is 13.1. The Morgan fingerprint density at radius 1 is 1.30 bits per heavy atom. The van der Waals surface area contributed by atoms with Gasteiger partial charge in [-0.25, -0.2) is 4.98 Å². The number of fused-ring (bicyclic) bond motifs is 4. The minimum Gasteiger partial charge on any atom is -0.310 e. The lowest BCUT2D eigenvalue weighted by atomic mass is 9.89. The lowest BCUT2D eigenvalue weighted by Gasteiger charge is -2.18. The first kappa shape index (κ1) is 16.7. The number of aromatic nitrogens is 2. The van der Waals surface area contributed by atoms with E-state index < -0.39 is 0 Å². The van der Waals surface area contributed by atoms with Gasteiger partial charge in [-0.05, 0) is 48.8 Å². The molecule has 0 saturated carbocycles. The summed E-state index contributed by atoms with van der Waals surface area (Å²) in [5.74, 6) is 0.602. The summed E-state index contributed by atoms with van der Waals surface area (Å²) in [5, 5.41) is 0.735. The molecule has 1 aliphatic heterocycles. The summed E-state index contributed by atoms with van der Waals surface area (Å²) in [4.78, 5) is 34.4. The van der Waals surface area contributed by atoms with Crippen LogP contribution in [0.4, 0.5) is 5.69 Å². The molecule has 27 heavy (non-hydrogen) atoms. The predicted octanol–water partition coefficient (Wildman–Crippen LogP) is 3.17. The zero-order valence-electron chi connectivity index (χ0n) is 15.3. The summed E-state index contributed by atoms with van der Waals surface area (Å²) in [7, 11) is 0. The number of aryl methyl sites for hydroxylation is 1. The second-order valence-electron chi connectivity index (χ2n) is 7.63. The van der Waals surface area contributed by atoms with Crippen LogP contribution < -0.4 is 10.5 Å². The number of anilines is 1. The summed E-state index contributed by atoms with van der Waals surface area (Å²) in [6.07, 6.45) is 5.47. The summed E-state index contributed by atoms with van der Waals surface area (Å²) < 4.78 is 1.48. The van der Waals surface area contributed by atoms with Gasteiger partial charge in [0.1, 0.15) is 11.4 Å². The van der Waals surface area contributed by atoms with Crippen LogP contribution in [-0.2, 0) is 30.6 Å². The van der Waals surface area contributed by atoms with Crippen LogP contribution in [0.5, 0.6) is 0 Å². The zero-order valence-corrected chi connectivity index (χ0v) is 16.1. The standard InChI is InChI=1S/C21H21N3O2S/c1-13-6-7-15-17(10-13)27-20-19(15)21(26)23(12-22-20)11-18(25)24-9-8-14-4-2-3-5-16(14)24/h2-5,12-13H,6-11H2,1H3/t13-/m0/s1. The number of carbonyl (C=O) groups is 1. The molecule has 0 spiro atoms. The first-order chi connectivity index (χ1) is 13.1. The van der Waals surface area contributed by atoms with Crippen molar-refractivity contribution in [2.75, 3.05) is 11.4 Å². The molecule has 3 aromatic rings. The van der Waals surface area contributed by atoms with E-state index in [1.165, 1.54) is 26.9 Å². The lowest BCUT2D eigenvalue weighted by molar-refractivity contribution is -0.119. The number of carbonyl (C=O) groups excluding carboxylic acids is 1. The molecule has 1 atom stereocenters. The quantitative estimate of drug-likeness (QED) is 0.687. The number of nitrogens with zero attached hydrogens (tertiary/aromatic N) is 3. The average Bonchev–Trinajstić information content (AvgIpc) is 3.25. The molecule has 0 saturated heterocycles. The Labute approximate surface area is 161 Å². The van der Waals surface area contributed by atoms with E-state index >= 15 is 0 Å². The first-order valence-corrected chi connectivity index (χ1v) is 10.3. The topological polar surface area (TPSA) is 55.2 Å². The third kappa shape index (κ3) is 2.70. The van der Waals surface area contributed by atoms with E-state index in [-0.39, 0.29) is 18.0 Å². The predicted molar refractivity (Wildman–Crippen MR) is 108 cm³/mol. The molecule has 0 bridgehead atoms. The largest absolute Gasteiger partial charge is 0.310 e. The molecular formula is C21H21N3O2S. The molecular weight excluding hydrogens is 358 g/mol. The molecule has 0 N–H and O–H groups in total. The van der Waals surface area contributed by atoms with Crippen molar-refractivity contribution in [1.29, 1.82) is 0 Å². The Bertz CT molecular complexity index is 1110. The molecule has 0 radical (unpaired) electrons. The number of hydrogen-bond donors (Lipinski definition) is 0. The van der Waals surface area contributed by atoms with Gasteiger partial charge in [0.15, 0.2) is 0 Å². The van der Waals surface area contributed by atoms with Crippen LogP contribution in [0.2, 0.25) is 0 Å². The molecule has 1 aromatic carbocycles. The number of thiophene rings is 1. The van der Waals surface area contributed by atoms with Gasteiger partial charge in [0, 0.05) is 17.1 Å². The van der Waals surface area contributed by atoms with Crippen molar-refractivity contribution >= 4 is 33.1 Å². The van der Waals surface area contributed by atoms with Gasteiger partial charge in [-0.2, -0.15) is 0 Å². The molecule has 1 amide bonds. The van der Waals surface area contributed by atoms with E-state index in [2.05, 4.69) is 18.0 Å². The van der Waals surface area contributed by atoms with Crippen molar-refractivity contribution in [1.82, 2.24) is 9.55 Å². The Balaban J connectivity index is 1.49. The van der Waals surface area contributed by atoms with Crippen LogP contribution in [0.25, 0.3) is 10.2 Å². The smallest absolute Gasteiger partial charge is 0.262 e. The lowest BCUT2D eigenvalue weighted by Crippen LogP contribution is -2.35. The second kappa shape index (κ2) is 6.30. The Hall–Kier alpha value is -2.47. The van der Waals surface area contributed by atoms with Crippen molar-refractivity contribution in [3.05, 3.63) is 57.0 Å². The van der Waals surface area contributed by atoms with Gasteiger partial charge in [-0.15, -0.1) is 11.3 Å². The molecule has 1 aliphatic carbocycles. The summed E-state index contributed by atoms with van der Waals surface area (Å²) in [6.45, 7) is 2.97. The van der Waals surface area contributed by atoms with Crippen molar-refractivity contribution < 1.29 is 4.79 Å². The highest BCUT2D eigenvalue weighted by Gasteiger charge is 2.26. The molecule has 6 heteroatoms. The van der Waals surface area contributed by atoms with Crippen LogP contribution in [0, 0.1) is 5.92 Å². The summed E-state index contributed by atoms with van der Waals surface area (Å²) >= 11 is 1.64. The van der Waals surface area contributed by atoms with Gasteiger partial charge in [0.05, 0.1) is 11.7 Å². The number of benzene rings is 1. The fourth-order valence-electron chi connectivity index (χ4n) is 4.31. The minimum absolute atomic E-state index is 0.0388. The van der Waals surface area contributed by atoms with Gasteiger partial charge in [0.25, 0.3) is 5.56 Å². The number of rotatable bonds is 2. The summed E-state index contributed by atoms with van der Waals surface area (Å²) in [5.41, 5.74) is 3.24. The highest BCUT2D eigenvalue weighted by molar-refractivity contribution is 7.18. The highest BCUT2D eigenvalue weighted by atomic mass is 32.1. The maximum Gasteiger partial charge on any atom is 0.262 e. The third-order valence-corrected chi connectivity index (χ3v) is 6.94.